The van der Waals surface area contributed by atoms with Crippen molar-refractivity contribution in [3.8, 4) is 0 Å². The van der Waals surface area contributed by atoms with Gasteiger partial charge in [-0.05, 0) is 13.0 Å². The maximum Gasteiger partial charge on any atom is 0.222 e. The van der Waals surface area contributed by atoms with Crippen molar-refractivity contribution in [1.82, 2.24) is 15.3 Å². The average Bonchev–Trinajstić information content (AvgIpc) is 2.25. The number of halogens is 2. The molecule has 1 aliphatic rings. The highest BCUT2D eigenvalue weighted by Gasteiger charge is 2.24. The Morgan fingerprint density at radius 3 is 2.87 bits per heavy atom. The largest absolute Gasteiger partial charge is 0.348 e. The SMILES string of the molecule is F[C@H]1CNCC[C@H]1Nc1ncc(Cl)cn1. The number of hydrogen-bond donors (Lipinski definition) is 2. The fourth-order valence-corrected chi connectivity index (χ4v) is 1.63. The number of alkyl halides is 1. The minimum Gasteiger partial charge on any atom is -0.348 e. The third kappa shape index (κ3) is 2.76. The number of piperidine rings is 1. The van der Waals surface area contributed by atoms with E-state index < -0.39 is 6.17 Å². The second-order valence-electron chi connectivity index (χ2n) is 3.48. The van der Waals surface area contributed by atoms with Crippen LogP contribution >= 0.6 is 11.6 Å². The Labute approximate surface area is 92.3 Å². The van der Waals surface area contributed by atoms with Crippen molar-refractivity contribution < 1.29 is 4.39 Å². The first-order valence-electron chi connectivity index (χ1n) is 4.84. The summed E-state index contributed by atoms with van der Waals surface area (Å²) in [6.07, 6.45) is 2.81. The van der Waals surface area contributed by atoms with Crippen molar-refractivity contribution in [2.45, 2.75) is 18.6 Å². The Balaban J connectivity index is 1.98. The zero-order valence-electron chi connectivity index (χ0n) is 8.08. The van der Waals surface area contributed by atoms with E-state index >= 15 is 0 Å². The minimum atomic E-state index is -0.905. The van der Waals surface area contributed by atoms with E-state index in [-0.39, 0.29) is 6.04 Å². The normalized spacial score (nSPS) is 26.3. The van der Waals surface area contributed by atoms with Gasteiger partial charge < -0.3 is 10.6 Å². The Bertz CT molecular complexity index is 318. The molecule has 1 aromatic heterocycles. The standard InChI is InChI=1S/C9H12ClFN4/c10-6-3-13-9(14-4-6)15-8-1-2-12-5-7(8)11/h3-4,7-8,12H,1-2,5H2,(H,13,14,15)/t7-,8+/m0/s1. The minimum absolute atomic E-state index is 0.215. The van der Waals surface area contributed by atoms with Crippen LogP contribution < -0.4 is 10.6 Å². The molecule has 0 aliphatic carbocycles. The van der Waals surface area contributed by atoms with Gasteiger partial charge in [0.2, 0.25) is 5.95 Å². The smallest absolute Gasteiger partial charge is 0.222 e. The molecule has 6 heteroatoms. The number of hydrogen-bond acceptors (Lipinski definition) is 4. The van der Waals surface area contributed by atoms with Gasteiger partial charge in [0, 0.05) is 6.54 Å². The van der Waals surface area contributed by atoms with Gasteiger partial charge >= 0.3 is 0 Å². The first-order chi connectivity index (χ1) is 7.25. The monoisotopic (exact) mass is 230 g/mol. The van der Waals surface area contributed by atoms with Crippen molar-refractivity contribution in [3.63, 3.8) is 0 Å². The summed E-state index contributed by atoms with van der Waals surface area (Å²) in [5.41, 5.74) is 0. The predicted molar refractivity (Wildman–Crippen MR) is 56.8 cm³/mol. The van der Waals surface area contributed by atoms with Crippen LogP contribution in [0.15, 0.2) is 12.4 Å². The summed E-state index contributed by atoms with van der Waals surface area (Å²) < 4.78 is 13.4. The summed E-state index contributed by atoms with van der Waals surface area (Å²) in [6.45, 7) is 1.19. The van der Waals surface area contributed by atoms with E-state index in [2.05, 4.69) is 20.6 Å². The van der Waals surface area contributed by atoms with Gasteiger partial charge in [0.1, 0.15) is 6.17 Å². The second-order valence-corrected chi connectivity index (χ2v) is 3.92. The Morgan fingerprint density at radius 2 is 2.20 bits per heavy atom. The van der Waals surface area contributed by atoms with E-state index in [4.69, 9.17) is 11.6 Å². The number of nitrogens with zero attached hydrogens (tertiary/aromatic N) is 2. The Kier molecular flexibility index (Phi) is 3.33. The molecule has 1 aliphatic heterocycles. The van der Waals surface area contributed by atoms with Crippen molar-refractivity contribution in [1.29, 1.82) is 0 Å². The molecule has 1 saturated heterocycles. The molecule has 1 aromatic rings. The van der Waals surface area contributed by atoms with Gasteiger partial charge in [-0.25, -0.2) is 14.4 Å². The van der Waals surface area contributed by atoms with Gasteiger partial charge in [0.15, 0.2) is 0 Å². The lowest BCUT2D eigenvalue weighted by Crippen LogP contribution is -2.45. The third-order valence-corrected chi connectivity index (χ3v) is 2.54. The number of anilines is 1. The molecule has 2 heterocycles. The maximum absolute atomic E-state index is 13.4. The maximum atomic E-state index is 13.4. The van der Waals surface area contributed by atoms with Gasteiger partial charge in [-0.2, -0.15) is 0 Å². The van der Waals surface area contributed by atoms with Gasteiger partial charge in [0.25, 0.3) is 0 Å². The van der Waals surface area contributed by atoms with E-state index in [9.17, 15) is 4.39 Å². The fourth-order valence-electron chi connectivity index (χ4n) is 1.54. The molecule has 82 valence electrons. The van der Waals surface area contributed by atoms with Crippen LogP contribution in [0.2, 0.25) is 5.02 Å². The molecule has 1 fully saturated rings. The van der Waals surface area contributed by atoms with Crippen LogP contribution in [-0.2, 0) is 0 Å². The molecule has 0 radical (unpaired) electrons. The number of aromatic nitrogens is 2. The fraction of sp³-hybridized carbons (Fsp3) is 0.556. The molecular weight excluding hydrogens is 219 g/mol. The first kappa shape index (κ1) is 10.6. The molecule has 2 atom stereocenters. The summed E-state index contributed by atoms with van der Waals surface area (Å²) in [6, 6.07) is -0.215. The van der Waals surface area contributed by atoms with E-state index in [1.165, 1.54) is 12.4 Å². The molecule has 0 bridgehead atoms. The van der Waals surface area contributed by atoms with Crippen LogP contribution in [0.25, 0.3) is 0 Å². The summed E-state index contributed by atoms with van der Waals surface area (Å²) in [5, 5.41) is 6.42. The molecule has 0 saturated carbocycles. The molecule has 0 amide bonds. The molecule has 0 spiro atoms. The Hall–Kier alpha value is -0.940. The number of rotatable bonds is 2. The van der Waals surface area contributed by atoms with E-state index in [0.29, 0.717) is 17.5 Å². The van der Waals surface area contributed by atoms with Gasteiger partial charge in [-0.15, -0.1) is 0 Å². The van der Waals surface area contributed by atoms with E-state index in [0.717, 1.165) is 13.0 Å². The molecule has 2 rings (SSSR count). The van der Waals surface area contributed by atoms with E-state index in [1.54, 1.807) is 0 Å². The number of nitrogens with one attached hydrogen (secondary N) is 2. The zero-order chi connectivity index (χ0) is 10.7. The summed E-state index contributed by atoms with van der Waals surface area (Å²) in [5.74, 6) is 0.425. The van der Waals surface area contributed by atoms with Crippen LogP contribution in [0.4, 0.5) is 10.3 Å². The van der Waals surface area contributed by atoms with Crippen molar-refractivity contribution in [3.05, 3.63) is 17.4 Å². The van der Waals surface area contributed by atoms with Crippen LogP contribution in [0.3, 0.4) is 0 Å². The summed E-state index contributed by atoms with van der Waals surface area (Å²) in [7, 11) is 0. The highest BCUT2D eigenvalue weighted by atomic mass is 35.5. The zero-order valence-corrected chi connectivity index (χ0v) is 8.84. The van der Waals surface area contributed by atoms with E-state index in [1.807, 2.05) is 0 Å². The molecular formula is C9H12ClFN4. The van der Waals surface area contributed by atoms with Crippen LogP contribution in [0.5, 0.6) is 0 Å². The lowest BCUT2D eigenvalue weighted by Gasteiger charge is -2.27. The predicted octanol–water partition coefficient (Wildman–Crippen LogP) is 1.24. The van der Waals surface area contributed by atoms with Gasteiger partial charge in [0.05, 0.1) is 23.5 Å². The van der Waals surface area contributed by atoms with Crippen LogP contribution in [0, 0.1) is 0 Å². The molecule has 2 N–H and O–H groups in total. The van der Waals surface area contributed by atoms with Crippen LogP contribution in [-0.4, -0.2) is 35.3 Å². The summed E-state index contributed by atoms with van der Waals surface area (Å²) >= 11 is 5.65. The van der Waals surface area contributed by atoms with Gasteiger partial charge in [-0.1, -0.05) is 11.6 Å². The summed E-state index contributed by atoms with van der Waals surface area (Å²) in [4.78, 5) is 7.93. The molecule has 0 unspecified atom stereocenters. The topological polar surface area (TPSA) is 49.8 Å². The van der Waals surface area contributed by atoms with Crippen LogP contribution in [0.1, 0.15) is 6.42 Å². The molecule has 15 heavy (non-hydrogen) atoms. The van der Waals surface area contributed by atoms with Crippen molar-refractivity contribution >= 4 is 17.5 Å². The molecule has 4 nitrogen and oxygen atoms in total. The van der Waals surface area contributed by atoms with Gasteiger partial charge in [-0.3, -0.25) is 0 Å². The van der Waals surface area contributed by atoms with Crippen molar-refractivity contribution in [2.24, 2.45) is 0 Å². The molecule has 0 aromatic carbocycles. The second kappa shape index (κ2) is 4.72. The lowest BCUT2D eigenvalue weighted by atomic mass is 10.1. The quantitative estimate of drug-likeness (QED) is 0.803. The first-order valence-corrected chi connectivity index (χ1v) is 5.22. The highest BCUT2D eigenvalue weighted by molar-refractivity contribution is 6.30. The van der Waals surface area contributed by atoms with Crippen molar-refractivity contribution in [2.75, 3.05) is 18.4 Å². The highest BCUT2D eigenvalue weighted by Crippen LogP contribution is 2.13. The average molecular weight is 231 g/mol. The lowest BCUT2D eigenvalue weighted by molar-refractivity contribution is 0.244. The Morgan fingerprint density at radius 1 is 1.47 bits per heavy atom. The third-order valence-electron chi connectivity index (χ3n) is 2.34.